The average Bonchev–Trinajstić information content (AvgIpc) is 3.34. The van der Waals surface area contributed by atoms with Crippen LogP contribution in [0.1, 0.15) is 52.1 Å². The zero-order chi connectivity index (χ0) is 12.7. The third-order valence-corrected chi connectivity index (χ3v) is 5.72. The summed E-state index contributed by atoms with van der Waals surface area (Å²) in [4.78, 5) is 7.86. The normalized spacial score (nSPS) is 18.9. The van der Waals surface area contributed by atoms with Crippen molar-refractivity contribution in [2.75, 3.05) is 0 Å². The molecule has 2 heterocycles. The Morgan fingerprint density at radius 1 is 1.26 bits per heavy atom. The predicted molar refractivity (Wildman–Crippen MR) is 81.1 cm³/mol. The Morgan fingerprint density at radius 2 is 2.16 bits per heavy atom. The molecule has 2 aliphatic carbocycles. The highest BCUT2D eigenvalue weighted by Gasteiger charge is 2.30. The molecule has 100 valence electrons. The van der Waals surface area contributed by atoms with Crippen molar-refractivity contribution in [3.05, 3.63) is 38.0 Å². The van der Waals surface area contributed by atoms with Gasteiger partial charge in [0.1, 0.15) is 0 Å². The summed E-state index contributed by atoms with van der Waals surface area (Å²) >= 11 is 3.77. The van der Waals surface area contributed by atoms with Crippen LogP contribution in [0.15, 0.2) is 17.5 Å². The summed E-state index contributed by atoms with van der Waals surface area (Å²) in [5, 5.41) is 7.10. The molecule has 0 bridgehead atoms. The summed E-state index contributed by atoms with van der Waals surface area (Å²) in [5.41, 5.74) is 1.41. The van der Waals surface area contributed by atoms with Crippen LogP contribution in [0.4, 0.5) is 0 Å². The van der Waals surface area contributed by atoms with Crippen LogP contribution in [0, 0.1) is 0 Å². The fourth-order valence-corrected chi connectivity index (χ4v) is 4.31. The van der Waals surface area contributed by atoms with E-state index in [1.165, 1.54) is 46.1 Å². The van der Waals surface area contributed by atoms with Crippen LogP contribution in [0.5, 0.6) is 0 Å². The first-order valence-corrected chi connectivity index (χ1v) is 8.82. The molecule has 4 rings (SSSR count). The number of nitrogens with one attached hydrogen (secondary N) is 1. The SMILES string of the molecule is c1csc(Cc2nc(C3CC3)c(CNC3CC3)s2)c1. The minimum Gasteiger partial charge on any atom is -0.309 e. The highest BCUT2D eigenvalue weighted by molar-refractivity contribution is 7.12. The number of nitrogens with zero attached hydrogens (tertiary/aromatic N) is 1. The Morgan fingerprint density at radius 3 is 2.84 bits per heavy atom. The van der Waals surface area contributed by atoms with Crippen LogP contribution in [-0.4, -0.2) is 11.0 Å². The van der Waals surface area contributed by atoms with Gasteiger partial charge in [-0.05, 0) is 37.1 Å². The van der Waals surface area contributed by atoms with Crippen molar-refractivity contribution >= 4 is 22.7 Å². The van der Waals surface area contributed by atoms with E-state index in [1.54, 1.807) is 0 Å². The Bertz CT molecular complexity index is 551. The van der Waals surface area contributed by atoms with Gasteiger partial charge < -0.3 is 5.32 Å². The van der Waals surface area contributed by atoms with Gasteiger partial charge in [0.05, 0.1) is 10.7 Å². The minimum absolute atomic E-state index is 0.768. The number of hydrogen-bond acceptors (Lipinski definition) is 4. The lowest BCUT2D eigenvalue weighted by Gasteiger charge is -2.01. The van der Waals surface area contributed by atoms with E-state index in [1.807, 2.05) is 22.7 Å². The fraction of sp³-hybridized carbons (Fsp3) is 0.533. The van der Waals surface area contributed by atoms with Crippen molar-refractivity contribution in [3.8, 4) is 0 Å². The first kappa shape index (κ1) is 12.1. The quantitative estimate of drug-likeness (QED) is 0.872. The average molecular weight is 290 g/mol. The monoisotopic (exact) mass is 290 g/mol. The zero-order valence-corrected chi connectivity index (χ0v) is 12.5. The van der Waals surface area contributed by atoms with Crippen molar-refractivity contribution in [3.63, 3.8) is 0 Å². The van der Waals surface area contributed by atoms with Crippen molar-refractivity contribution in [2.45, 2.75) is 50.6 Å². The van der Waals surface area contributed by atoms with Crippen LogP contribution in [0.3, 0.4) is 0 Å². The lowest BCUT2D eigenvalue weighted by molar-refractivity contribution is 0.688. The summed E-state index contributed by atoms with van der Waals surface area (Å²) in [6, 6.07) is 5.13. The van der Waals surface area contributed by atoms with Gasteiger partial charge in [-0.15, -0.1) is 22.7 Å². The number of hydrogen-bond donors (Lipinski definition) is 1. The topological polar surface area (TPSA) is 24.9 Å². The van der Waals surface area contributed by atoms with E-state index >= 15 is 0 Å². The highest BCUT2D eigenvalue weighted by Crippen LogP contribution is 2.43. The first-order valence-electron chi connectivity index (χ1n) is 7.13. The summed E-state index contributed by atoms with van der Waals surface area (Å²) in [6.45, 7) is 1.04. The molecule has 0 aromatic carbocycles. The molecule has 19 heavy (non-hydrogen) atoms. The first-order chi connectivity index (χ1) is 9.38. The number of rotatable bonds is 6. The van der Waals surface area contributed by atoms with E-state index in [4.69, 9.17) is 4.98 Å². The maximum absolute atomic E-state index is 4.93. The van der Waals surface area contributed by atoms with Crippen LogP contribution < -0.4 is 5.32 Å². The third kappa shape index (κ3) is 2.91. The van der Waals surface area contributed by atoms with Crippen LogP contribution in [-0.2, 0) is 13.0 Å². The second kappa shape index (κ2) is 5.00. The molecule has 4 heteroatoms. The van der Waals surface area contributed by atoms with Crippen molar-refractivity contribution in [2.24, 2.45) is 0 Å². The molecule has 0 unspecified atom stereocenters. The largest absolute Gasteiger partial charge is 0.309 e. The minimum atomic E-state index is 0.768. The molecular weight excluding hydrogens is 272 g/mol. The molecule has 0 aliphatic heterocycles. The molecule has 2 aliphatic rings. The Labute approximate surface area is 121 Å². The molecule has 1 N–H and O–H groups in total. The van der Waals surface area contributed by atoms with Crippen molar-refractivity contribution < 1.29 is 0 Å². The summed E-state index contributed by atoms with van der Waals surface area (Å²) in [5.74, 6) is 0.768. The number of aromatic nitrogens is 1. The Balaban J connectivity index is 1.52. The molecule has 0 amide bonds. The van der Waals surface area contributed by atoms with Gasteiger partial charge in [-0.2, -0.15) is 0 Å². The van der Waals surface area contributed by atoms with Gasteiger partial charge in [0, 0.05) is 34.7 Å². The zero-order valence-electron chi connectivity index (χ0n) is 10.9. The Kier molecular flexibility index (Phi) is 3.17. The summed E-state index contributed by atoms with van der Waals surface area (Å²) in [6.07, 6.45) is 6.43. The van der Waals surface area contributed by atoms with Gasteiger partial charge in [0.25, 0.3) is 0 Å². The fourth-order valence-electron chi connectivity index (χ4n) is 2.38. The molecule has 0 atom stereocenters. The van der Waals surface area contributed by atoms with Crippen LogP contribution >= 0.6 is 22.7 Å². The molecule has 2 aromatic rings. The molecule has 2 saturated carbocycles. The van der Waals surface area contributed by atoms with Crippen molar-refractivity contribution in [1.29, 1.82) is 0 Å². The second-order valence-electron chi connectivity index (χ2n) is 5.60. The molecule has 2 aromatic heterocycles. The van der Waals surface area contributed by atoms with Gasteiger partial charge in [0.15, 0.2) is 0 Å². The third-order valence-electron chi connectivity index (χ3n) is 3.77. The van der Waals surface area contributed by atoms with Gasteiger partial charge in [-0.1, -0.05) is 6.07 Å². The standard InChI is InChI=1S/C15H18N2S2/c1-2-12(18-7-1)8-14-17-15(10-3-4-10)13(19-14)9-16-11-5-6-11/h1-2,7,10-11,16H,3-6,8-9H2. The van der Waals surface area contributed by atoms with Crippen LogP contribution in [0.2, 0.25) is 0 Å². The predicted octanol–water partition coefficient (Wildman–Crippen LogP) is 3.92. The lowest BCUT2D eigenvalue weighted by atomic mass is 10.2. The van der Waals surface area contributed by atoms with Gasteiger partial charge in [0.2, 0.25) is 0 Å². The molecule has 2 fully saturated rings. The van der Waals surface area contributed by atoms with E-state index in [9.17, 15) is 0 Å². The highest BCUT2D eigenvalue weighted by atomic mass is 32.1. The van der Waals surface area contributed by atoms with Gasteiger partial charge in [-0.25, -0.2) is 4.98 Å². The number of thiazole rings is 1. The lowest BCUT2D eigenvalue weighted by Crippen LogP contribution is -2.15. The summed E-state index contributed by atoms with van der Waals surface area (Å²) < 4.78 is 0. The second-order valence-corrected chi connectivity index (χ2v) is 7.80. The van der Waals surface area contributed by atoms with Crippen molar-refractivity contribution in [1.82, 2.24) is 10.3 Å². The van der Waals surface area contributed by atoms with E-state index in [0.717, 1.165) is 24.9 Å². The summed E-state index contributed by atoms with van der Waals surface area (Å²) in [7, 11) is 0. The molecule has 0 radical (unpaired) electrons. The maximum Gasteiger partial charge on any atom is 0.0983 e. The Hall–Kier alpha value is -0.710. The smallest absolute Gasteiger partial charge is 0.0983 e. The van der Waals surface area contributed by atoms with Gasteiger partial charge in [-0.3, -0.25) is 0 Å². The molecule has 2 nitrogen and oxygen atoms in total. The van der Waals surface area contributed by atoms with Gasteiger partial charge >= 0.3 is 0 Å². The number of thiophene rings is 1. The van der Waals surface area contributed by atoms with E-state index in [-0.39, 0.29) is 0 Å². The van der Waals surface area contributed by atoms with Crippen LogP contribution in [0.25, 0.3) is 0 Å². The molecule has 0 saturated heterocycles. The van der Waals surface area contributed by atoms with E-state index in [0.29, 0.717) is 0 Å². The van der Waals surface area contributed by atoms with E-state index < -0.39 is 0 Å². The van der Waals surface area contributed by atoms with E-state index in [2.05, 4.69) is 22.8 Å². The maximum atomic E-state index is 4.93. The molecule has 0 spiro atoms. The molecular formula is C15H18N2S2.